The van der Waals surface area contributed by atoms with E-state index < -0.39 is 19.1 Å². The zero-order valence-electron chi connectivity index (χ0n) is 32.1. The molecule has 2 amide bonds. The number of nitrogens with one attached hydrogen (secondary N) is 2. The van der Waals surface area contributed by atoms with Crippen molar-refractivity contribution in [3.05, 3.63) is 45.3 Å². The van der Waals surface area contributed by atoms with E-state index in [1.165, 1.54) is 68.1 Å². The molecule has 4 N–H and O–H groups in total. The van der Waals surface area contributed by atoms with Gasteiger partial charge in [0.25, 0.3) is 0 Å². The highest BCUT2D eigenvalue weighted by molar-refractivity contribution is 6.43. The van der Waals surface area contributed by atoms with Crippen molar-refractivity contribution < 1.29 is 19.6 Å². The van der Waals surface area contributed by atoms with Crippen LogP contribution < -0.4 is 10.6 Å². The summed E-state index contributed by atoms with van der Waals surface area (Å²) in [6.45, 7) is 12.4. The predicted octanol–water partition coefficient (Wildman–Crippen LogP) is 5.65. The average Bonchev–Trinajstić information content (AvgIpc) is 3.89. The zero-order valence-corrected chi connectivity index (χ0v) is 32.1. The van der Waals surface area contributed by atoms with Crippen LogP contribution in [0.4, 0.5) is 0 Å². The number of amides is 2. The Labute approximate surface area is 310 Å². The first kappa shape index (κ1) is 37.7. The molecule has 4 atom stereocenters. The third-order valence-corrected chi connectivity index (χ3v) is 14.2. The molecule has 11 nitrogen and oxygen atoms in total. The van der Waals surface area contributed by atoms with Crippen molar-refractivity contribution in [3.63, 3.8) is 0 Å². The number of hydrogen-bond donors (Lipinski definition) is 4. The summed E-state index contributed by atoms with van der Waals surface area (Å²) in [5.41, 5.74) is 12.9. The summed E-state index contributed by atoms with van der Waals surface area (Å²) in [6.07, 6.45) is 13.9. The summed E-state index contributed by atoms with van der Waals surface area (Å²) >= 11 is 0. The highest BCUT2D eigenvalue weighted by Gasteiger charge is 2.58. The largest absolute Gasteiger partial charge is 0.475 e. The molecule has 0 aromatic heterocycles. The average molecular weight is 716 g/mol. The number of rotatable bonds is 10. The van der Waals surface area contributed by atoms with E-state index in [1.807, 2.05) is 0 Å². The number of nitrogens with zero attached hydrogens (tertiary/aromatic N) is 5. The summed E-state index contributed by atoms with van der Waals surface area (Å²) in [4.78, 5) is 33.8. The minimum Gasteiger partial charge on any atom is -0.426 e. The van der Waals surface area contributed by atoms with E-state index >= 15 is 0 Å². The molecule has 2 aliphatic heterocycles. The molecule has 284 valence electrons. The zero-order chi connectivity index (χ0) is 36.9. The number of hydrogen-bond acceptors (Lipinski definition) is 7. The lowest BCUT2D eigenvalue weighted by Gasteiger charge is -2.59. The Bertz CT molecular complexity index is 1500. The van der Waals surface area contributed by atoms with Gasteiger partial charge < -0.3 is 30.5 Å². The van der Waals surface area contributed by atoms with E-state index in [0.717, 1.165) is 56.0 Å². The highest BCUT2D eigenvalue weighted by atomic mass is 16.4. The van der Waals surface area contributed by atoms with E-state index in [-0.39, 0.29) is 41.4 Å². The maximum Gasteiger partial charge on any atom is 0.475 e. The Morgan fingerprint density at radius 2 is 1.40 bits per heavy atom. The predicted molar refractivity (Wildman–Crippen MR) is 202 cm³/mol. The lowest BCUT2D eigenvalue weighted by Crippen LogP contribution is -2.64. The smallest absolute Gasteiger partial charge is 0.426 e. The van der Waals surface area contributed by atoms with Gasteiger partial charge in [-0.2, -0.15) is 0 Å². The number of carbonyl (C=O) groups excluding carboxylic acids is 2. The maximum absolute atomic E-state index is 13.8. The van der Waals surface area contributed by atoms with E-state index in [1.54, 1.807) is 4.90 Å². The molecular formula is C40H62BN7O4. The number of benzene rings is 1. The van der Waals surface area contributed by atoms with Gasteiger partial charge in [0.1, 0.15) is 0 Å². The van der Waals surface area contributed by atoms with Crippen LogP contribution in [0.5, 0.6) is 0 Å². The molecule has 52 heavy (non-hydrogen) atoms. The molecule has 2 heterocycles. The fourth-order valence-corrected chi connectivity index (χ4v) is 12.4. The Kier molecular flexibility index (Phi) is 10.8. The van der Waals surface area contributed by atoms with Crippen LogP contribution in [0.1, 0.15) is 121 Å². The second-order valence-corrected chi connectivity index (χ2v) is 18.8. The normalized spacial score (nSPS) is 35.0. The first-order valence-corrected chi connectivity index (χ1v) is 20.4. The van der Waals surface area contributed by atoms with Crippen molar-refractivity contribution in [2.75, 3.05) is 6.54 Å². The monoisotopic (exact) mass is 715 g/mol. The molecule has 0 spiro atoms. The molecule has 7 fully saturated rings. The van der Waals surface area contributed by atoms with Crippen LogP contribution in [-0.2, 0) is 22.7 Å². The van der Waals surface area contributed by atoms with Gasteiger partial charge in [-0.15, -0.1) is 0 Å². The SMILES string of the molecule is CC(C)N[C@H](C(=O)N1C[C@@H](N=[N+]=[N-])C[C@H]1B(O)O)C12CC3CC(CC(C3)C1)C2.Cc1ccc2c(c1)CN(C(=O)C(NC(C)C)C13CCC(CC1)C3)C2. The lowest BCUT2D eigenvalue weighted by molar-refractivity contribution is -0.146. The Morgan fingerprint density at radius 3 is 1.92 bits per heavy atom. The summed E-state index contributed by atoms with van der Waals surface area (Å²) < 4.78 is 0. The van der Waals surface area contributed by atoms with E-state index in [0.29, 0.717) is 18.4 Å². The molecule has 0 radical (unpaired) electrons. The number of azide groups is 1. The van der Waals surface area contributed by atoms with Crippen LogP contribution in [0.2, 0.25) is 0 Å². The van der Waals surface area contributed by atoms with E-state index in [9.17, 15) is 19.6 Å². The van der Waals surface area contributed by atoms with Crippen molar-refractivity contribution in [3.8, 4) is 0 Å². The minimum absolute atomic E-state index is 0.000379. The summed E-state index contributed by atoms with van der Waals surface area (Å²) in [6, 6.07) is 6.39. The number of likely N-dealkylation sites (tertiary alicyclic amines) is 1. The van der Waals surface area contributed by atoms with E-state index in [4.69, 9.17) is 5.53 Å². The number of fused-ring (bicyclic) bond motifs is 3. The summed E-state index contributed by atoms with van der Waals surface area (Å²) in [5.74, 6) is 2.61. The summed E-state index contributed by atoms with van der Waals surface area (Å²) in [5, 5.41) is 30.7. The molecule has 12 heteroatoms. The van der Waals surface area contributed by atoms with Crippen LogP contribution in [0.3, 0.4) is 0 Å². The standard InChI is InChI=1S/C21H30N2O.C19H32BN5O3/c1-14(2)22-19(21-8-6-16(11-21)7-9-21)20(24)23-12-17-5-4-15(3)10-18(17)13-23;1-11(2)22-17(19-7-12-3-13(8-19)5-14(4-12)9-19)18(26)25-10-15(23-24-21)6-16(25)20(27)28/h4-5,10,14,16,19,22H,6-9,11-13H2,1-3H3;11-17,22,27-28H,3-10H2,1-2H3/t;12?,13?,14?,15-,16-,17+,19?/m.0/s1. The fraction of sp³-hybridized carbons (Fsp3) is 0.800. The third-order valence-electron chi connectivity index (χ3n) is 14.2. The molecule has 1 saturated heterocycles. The second-order valence-electron chi connectivity index (χ2n) is 18.8. The van der Waals surface area contributed by atoms with Gasteiger partial charge in [0, 0.05) is 36.6 Å². The molecule has 1 unspecified atom stereocenters. The Balaban J connectivity index is 0.000000164. The molecule has 8 aliphatic rings. The molecule has 9 rings (SSSR count). The van der Waals surface area contributed by atoms with Crippen LogP contribution in [0, 0.1) is 41.4 Å². The quantitative estimate of drug-likeness (QED) is 0.106. The second kappa shape index (κ2) is 14.9. The van der Waals surface area contributed by atoms with Crippen molar-refractivity contribution in [2.45, 2.75) is 161 Å². The van der Waals surface area contributed by atoms with Crippen LogP contribution in [0.25, 0.3) is 10.4 Å². The molecule has 6 bridgehead atoms. The maximum atomic E-state index is 13.8. The lowest BCUT2D eigenvalue weighted by atomic mass is 9.47. The van der Waals surface area contributed by atoms with E-state index in [2.05, 4.69) is 78.4 Å². The van der Waals surface area contributed by atoms with Crippen molar-refractivity contribution in [2.24, 2.45) is 39.6 Å². The molecular weight excluding hydrogens is 653 g/mol. The third kappa shape index (κ3) is 7.40. The Hall–Kier alpha value is -2.63. The van der Waals surface area contributed by atoms with Gasteiger partial charge >= 0.3 is 7.12 Å². The van der Waals surface area contributed by atoms with Crippen LogP contribution >= 0.6 is 0 Å². The van der Waals surface area contributed by atoms with Crippen LogP contribution in [-0.4, -0.2) is 81.5 Å². The first-order valence-electron chi connectivity index (χ1n) is 20.4. The van der Waals surface area contributed by atoms with Gasteiger partial charge in [0.05, 0.1) is 24.1 Å². The first-order chi connectivity index (χ1) is 24.8. The minimum atomic E-state index is -1.63. The fourth-order valence-electron chi connectivity index (χ4n) is 12.4. The van der Waals surface area contributed by atoms with Crippen molar-refractivity contribution >= 4 is 18.9 Å². The van der Waals surface area contributed by atoms with Gasteiger partial charge in [-0.05, 0) is 135 Å². The van der Waals surface area contributed by atoms with Crippen LogP contribution in [0.15, 0.2) is 23.3 Å². The molecule has 1 aromatic carbocycles. The highest BCUT2D eigenvalue weighted by Crippen LogP contribution is 2.62. The van der Waals surface area contributed by atoms with Gasteiger partial charge in [-0.1, -0.05) is 56.6 Å². The molecule has 6 aliphatic carbocycles. The van der Waals surface area contributed by atoms with Crippen molar-refractivity contribution in [1.82, 2.24) is 20.4 Å². The molecule has 1 aromatic rings. The van der Waals surface area contributed by atoms with Gasteiger partial charge in [-0.25, -0.2) is 0 Å². The summed E-state index contributed by atoms with van der Waals surface area (Å²) in [7, 11) is -1.63. The topological polar surface area (TPSA) is 154 Å². The molecule has 6 saturated carbocycles. The van der Waals surface area contributed by atoms with Gasteiger partial charge in [-0.3, -0.25) is 9.59 Å². The number of aryl methyl sites for hydroxylation is 1. The van der Waals surface area contributed by atoms with Gasteiger partial charge in [0.15, 0.2) is 0 Å². The van der Waals surface area contributed by atoms with Gasteiger partial charge in [0.2, 0.25) is 11.8 Å². The number of carbonyl (C=O) groups is 2. The van der Waals surface area contributed by atoms with Crippen molar-refractivity contribution in [1.29, 1.82) is 0 Å². The Morgan fingerprint density at radius 1 is 0.846 bits per heavy atom.